The molecule has 1 aromatic heterocycles. The molecule has 7 heteroatoms. The van der Waals surface area contributed by atoms with E-state index >= 15 is 0 Å². The lowest BCUT2D eigenvalue weighted by Crippen LogP contribution is -2.52. The van der Waals surface area contributed by atoms with Gasteiger partial charge in [0.15, 0.2) is 5.76 Å². The Labute approximate surface area is 129 Å². The predicted octanol–water partition coefficient (Wildman–Crippen LogP) is 1.36. The molecule has 0 aromatic carbocycles. The third-order valence-electron chi connectivity index (χ3n) is 3.10. The highest BCUT2D eigenvalue weighted by Crippen LogP contribution is 2.09. The molecule has 2 amide bonds. The summed E-state index contributed by atoms with van der Waals surface area (Å²) in [6, 6.07) is 2.27. The number of rotatable bonds is 8. The SMILES string of the molecule is CCCN(CC(=O)O)C(=O)C(NC(=O)c1ccco1)C(C)C. The standard InChI is InChI=1S/C15H22N2O5/c1-4-7-17(9-12(18)19)15(21)13(10(2)3)16-14(20)11-6-5-8-22-11/h5-6,8,10,13H,4,7,9H2,1-3H3,(H,16,20)(H,18,19). The molecule has 0 bridgehead atoms. The van der Waals surface area contributed by atoms with E-state index in [0.29, 0.717) is 13.0 Å². The number of carbonyl (C=O) groups is 3. The molecule has 1 unspecified atom stereocenters. The number of carboxylic acid groups (broad SMARTS) is 1. The van der Waals surface area contributed by atoms with Crippen LogP contribution >= 0.6 is 0 Å². The van der Waals surface area contributed by atoms with Crippen molar-refractivity contribution in [2.75, 3.05) is 13.1 Å². The van der Waals surface area contributed by atoms with Gasteiger partial charge in [0.25, 0.3) is 5.91 Å². The summed E-state index contributed by atoms with van der Waals surface area (Å²) in [5.74, 6) is -2.05. The molecule has 0 radical (unpaired) electrons. The number of nitrogens with zero attached hydrogens (tertiary/aromatic N) is 1. The maximum atomic E-state index is 12.5. The van der Waals surface area contributed by atoms with Crippen LogP contribution in [0, 0.1) is 5.92 Å². The first-order valence-electron chi connectivity index (χ1n) is 7.21. The van der Waals surface area contributed by atoms with E-state index in [9.17, 15) is 14.4 Å². The quantitative estimate of drug-likeness (QED) is 0.755. The number of aliphatic carboxylic acids is 1. The van der Waals surface area contributed by atoms with Crippen LogP contribution in [0.25, 0.3) is 0 Å². The lowest BCUT2D eigenvalue weighted by molar-refractivity contribution is -0.145. The Morgan fingerprint density at radius 2 is 2.05 bits per heavy atom. The van der Waals surface area contributed by atoms with E-state index in [2.05, 4.69) is 5.32 Å². The van der Waals surface area contributed by atoms with Gasteiger partial charge in [-0.3, -0.25) is 14.4 Å². The molecule has 1 rings (SSSR count). The van der Waals surface area contributed by atoms with Gasteiger partial charge in [-0.15, -0.1) is 0 Å². The molecule has 1 atom stereocenters. The van der Waals surface area contributed by atoms with E-state index in [0.717, 1.165) is 0 Å². The fourth-order valence-corrected chi connectivity index (χ4v) is 2.03. The Morgan fingerprint density at radius 1 is 1.36 bits per heavy atom. The molecule has 0 aliphatic carbocycles. The third-order valence-corrected chi connectivity index (χ3v) is 3.10. The number of hydrogen-bond acceptors (Lipinski definition) is 4. The van der Waals surface area contributed by atoms with Gasteiger partial charge < -0.3 is 19.7 Å². The number of nitrogens with one attached hydrogen (secondary N) is 1. The average molecular weight is 310 g/mol. The second-order valence-corrected chi connectivity index (χ2v) is 5.33. The number of hydrogen-bond donors (Lipinski definition) is 2. The van der Waals surface area contributed by atoms with Crippen LogP contribution in [-0.4, -0.2) is 46.9 Å². The van der Waals surface area contributed by atoms with Gasteiger partial charge >= 0.3 is 5.97 Å². The minimum absolute atomic E-state index is 0.110. The molecule has 0 saturated carbocycles. The molecule has 22 heavy (non-hydrogen) atoms. The predicted molar refractivity (Wildman–Crippen MR) is 79.3 cm³/mol. The van der Waals surface area contributed by atoms with Crippen LogP contribution in [0.2, 0.25) is 0 Å². The number of furan rings is 1. The van der Waals surface area contributed by atoms with Crippen LogP contribution in [0.1, 0.15) is 37.7 Å². The molecule has 0 fully saturated rings. The summed E-state index contributed by atoms with van der Waals surface area (Å²) in [6.07, 6.45) is 2.00. The molecule has 0 aliphatic heterocycles. The first-order valence-corrected chi connectivity index (χ1v) is 7.21. The zero-order valence-corrected chi connectivity index (χ0v) is 13.0. The van der Waals surface area contributed by atoms with Crippen molar-refractivity contribution in [2.45, 2.75) is 33.2 Å². The van der Waals surface area contributed by atoms with E-state index < -0.39 is 23.8 Å². The van der Waals surface area contributed by atoms with Crippen LogP contribution in [0.5, 0.6) is 0 Å². The van der Waals surface area contributed by atoms with Crippen molar-refractivity contribution in [1.29, 1.82) is 0 Å². The minimum Gasteiger partial charge on any atom is -0.480 e. The second kappa shape index (κ2) is 8.21. The number of carbonyl (C=O) groups excluding carboxylic acids is 2. The molecule has 0 aliphatic rings. The summed E-state index contributed by atoms with van der Waals surface area (Å²) >= 11 is 0. The minimum atomic E-state index is -1.08. The summed E-state index contributed by atoms with van der Waals surface area (Å²) in [7, 11) is 0. The lowest BCUT2D eigenvalue weighted by atomic mass is 10.0. The van der Waals surface area contributed by atoms with Gasteiger partial charge in [-0.2, -0.15) is 0 Å². The van der Waals surface area contributed by atoms with Crippen molar-refractivity contribution < 1.29 is 23.9 Å². The Bertz CT molecular complexity index is 510. The maximum absolute atomic E-state index is 12.5. The van der Waals surface area contributed by atoms with Crippen LogP contribution in [0.15, 0.2) is 22.8 Å². The van der Waals surface area contributed by atoms with E-state index in [-0.39, 0.29) is 18.2 Å². The highest BCUT2D eigenvalue weighted by molar-refractivity contribution is 5.96. The molecule has 2 N–H and O–H groups in total. The fraction of sp³-hybridized carbons (Fsp3) is 0.533. The van der Waals surface area contributed by atoms with Crippen molar-refractivity contribution in [3.63, 3.8) is 0 Å². The fourth-order valence-electron chi connectivity index (χ4n) is 2.03. The molecule has 0 spiro atoms. The summed E-state index contributed by atoms with van der Waals surface area (Å²) in [6.45, 7) is 5.37. The maximum Gasteiger partial charge on any atom is 0.323 e. The normalized spacial score (nSPS) is 12.0. The Kier molecular flexibility index (Phi) is 6.62. The Hall–Kier alpha value is -2.31. The van der Waals surface area contributed by atoms with Gasteiger partial charge in [-0.05, 0) is 24.5 Å². The van der Waals surface area contributed by atoms with Crippen LogP contribution in [0.3, 0.4) is 0 Å². The van der Waals surface area contributed by atoms with Crippen LogP contribution < -0.4 is 5.32 Å². The molecule has 7 nitrogen and oxygen atoms in total. The molecule has 122 valence electrons. The Balaban J connectivity index is 2.85. The first-order chi connectivity index (χ1) is 10.4. The van der Waals surface area contributed by atoms with Gasteiger partial charge in [0.05, 0.1) is 6.26 Å². The monoisotopic (exact) mass is 310 g/mol. The molecule has 1 heterocycles. The summed E-state index contributed by atoms with van der Waals surface area (Å²) in [5, 5.41) is 11.5. The Morgan fingerprint density at radius 3 is 2.50 bits per heavy atom. The van der Waals surface area contributed by atoms with Crippen molar-refractivity contribution in [2.24, 2.45) is 5.92 Å². The van der Waals surface area contributed by atoms with E-state index in [4.69, 9.17) is 9.52 Å². The lowest BCUT2D eigenvalue weighted by Gasteiger charge is -2.28. The topological polar surface area (TPSA) is 99.9 Å². The van der Waals surface area contributed by atoms with Crippen molar-refractivity contribution >= 4 is 17.8 Å². The van der Waals surface area contributed by atoms with E-state index in [1.165, 1.54) is 17.2 Å². The first kappa shape index (κ1) is 17.7. The highest BCUT2D eigenvalue weighted by Gasteiger charge is 2.30. The van der Waals surface area contributed by atoms with Gasteiger partial charge in [0.1, 0.15) is 12.6 Å². The number of amides is 2. The third kappa shape index (κ3) is 4.91. The van der Waals surface area contributed by atoms with Gasteiger partial charge in [-0.25, -0.2) is 0 Å². The number of carboxylic acids is 1. The smallest absolute Gasteiger partial charge is 0.323 e. The van der Waals surface area contributed by atoms with Gasteiger partial charge in [0.2, 0.25) is 5.91 Å². The molecule has 1 aromatic rings. The van der Waals surface area contributed by atoms with E-state index in [1.807, 2.05) is 6.92 Å². The van der Waals surface area contributed by atoms with Crippen molar-refractivity contribution in [3.8, 4) is 0 Å². The van der Waals surface area contributed by atoms with Crippen molar-refractivity contribution in [1.82, 2.24) is 10.2 Å². The largest absolute Gasteiger partial charge is 0.480 e. The van der Waals surface area contributed by atoms with Crippen molar-refractivity contribution in [3.05, 3.63) is 24.2 Å². The zero-order valence-electron chi connectivity index (χ0n) is 13.0. The van der Waals surface area contributed by atoms with Crippen LogP contribution in [-0.2, 0) is 9.59 Å². The highest BCUT2D eigenvalue weighted by atomic mass is 16.4. The second-order valence-electron chi connectivity index (χ2n) is 5.33. The molecular weight excluding hydrogens is 288 g/mol. The zero-order chi connectivity index (χ0) is 16.7. The van der Waals surface area contributed by atoms with Crippen LogP contribution in [0.4, 0.5) is 0 Å². The summed E-state index contributed by atoms with van der Waals surface area (Å²) in [4.78, 5) is 36.7. The molecular formula is C15H22N2O5. The molecule has 0 saturated heterocycles. The van der Waals surface area contributed by atoms with E-state index in [1.54, 1.807) is 19.9 Å². The summed E-state index contributed by atoms with van der Waals surface area (Å²) in [5.41, 5.74) is 0. The van der Waals surface area contributed by atoms with Gasteiger partial charge in [-0.1, -0.05) is 20.8 Å². The van der Waals surface area contributed by atoms with Gasteiger partial charge in [0, 0.05) is 6.54 Å². The average Bonchev–Trinajstić information content (AvgIpc) is 2.96. The summed E-state index contributed by atoms with van der Waals surface area (Å²) < 4.78 is 5.00.